The topological polar surface area (TPSA) is 53.1 Å². The first kappa shape index (κ1) is 13.2. The number of rotatable bonds is 2. The molecule has 20 heavy (non-hydrogen) atoms. The van der Waals surface area contributed by atoms with Crippen LogP contribution in [0.1, 0.15) is 0 Å². The molecule has 0 spiro atoms. The molecule has 2 N–H and O–H groups in total. The highest BCUT2D eigenvalue weighted by molar-refractivity contribution is 14.1. The number of fused-ring (bicyclic) bond motifs is 1. The molecule has 0 aliphatic carbocycles. The Kier molecular flexibility index (Phi) is 3.25. The summed E-state index contributed by atoms with van der Waals surface area (Å²) < 4.78 is 21.6. The first-order valence-corrected chi connectivity index (χ1v) is 6.95. The van der Waals surface area contributed by atoms with E-state index in [1.807, 2.05) is 24.3 Å². The minimum absolute atomic E-state index is 0.171. The van der Waals surface area contributed by atoms with Crippen molar-refractivity contribution in [1.29, 1.82) is 0 Å². The van der Waals surface area contributed by atoms with E-state index in [4.69, 9.17) is 10.5 Å². The molecule has 1 heterocycles. The second-order valence-electron chi connectivity index (χ2n) is 4.26. The Morgan fingerprint density at radius 2 is 2.10 bits per heavy atom. The molecule has 0 aliphatic rings. The fourth-order valence-electron chi connectivity index (χ4n) is 2.14. The Morgan fingerprint density at radius 1 is 1.30 bits per heavy atom. The van der Waals surface area contributed by atoms with Gasteiger partial charge < -0.3 is 10.5 Å². The van der Waals surface area contributed by atoms with Crippen molar-refractivity contribution in [3.63, 3.8) is 0 Å². The predicted molar refractivity (Wildman–Crippen MR) is 84.7 cm³/mol. The lowest BCUT2D eigenvalue weighted by Crippen LogP contribution is -2.01. The van der Waals surface area contributed by atoms with Crippen molar-refractivity contribution in [3.05, 3.63) is 45.8 Å². The summed E-state index contributed by atoms with van der Waals surface area (Å²) in [6, 6.07) is 10.8. The number of hydrogen-bond donors (Lipinski definition) is 1. The normalized spacial score (nSPS) is 10.9. The average molecular weight is 383 g/mol. The number of methoxy groups -OCH3 is 1. The number of imidazole rings is 1. The summed E-state index contributed by atoms with van der Waals surface area (Å²) in [7, 11) is 1.43. The van der Waals surface area contributed by atoms with Gasteiger partial charge in [-0.3, -0.25) is 4.57 Å². The quantitative estimate of drug-likeness (QED) is 0.691. The number of hydrogen-bond acceptors (Lipinski definition) is 3. The lowest BCUT2D eigenvalue weighted by Gasteiger charge is -2.08. The molecule has 4 nitrogen and oxygen atoms in total. The Balaban J connectivity index is 2.32. The maximum atomic E-state index is 13.7. The molecule has 0 radical (unpaired) electrons. The lowest BCUT2D eigenvalue weighted by atomic mass is 10.2. The van der Waals surface area contributed by atoms with E-state index < -0.39 is 5.82 Å². The monoisotopic (exact) mass is 383 g/mol. The second kappa shape index (κ2) is 4.93. The average Bonchev–Trinajstić information content (AvgIpc) is 2.72. The van der Waals surface area contributed by atoms with E-state index in [0.717, 1.165) is 9.26 Å². The van der Waals surface area contributed by atoms with Gasteiger partial charge >= 0.3 is 0 Å². The molecule has 3 aromatic rings. The van der Waals surface area contributed by atoms with Crippen LogP contribution in [0.4, 0.5) is 10.3 Å². The number of halogens is 2. The molecule has 0 atom stereocenters. The second-order valence-corrected chi connectivity index (χ2v) is 5.51. The molecule has 0 amide bonds. The number of nitrogen functional groups attached to an aromatic ring is 1. The third-order valence-corrected chi connectivity index (χ3v) is 3.69. The van der Waals surface area contributed by atoms with Crippen LogP contribution in [-0.2, 0) is 0 Å². The third-order valence-electron chi connectivity index (χ3n) is 3.02. The maximum Gasteiger partial charge on any atom is 0.205 e. The molecule has 3 rings (SSSR count). The highest BCUT2D eigenvalue weighted by Crippen LogP contribution is 2.29. The molecule has 2 aromatic carbocycles. The van der Waals surface area contributed by atoms with Crippen molar-refractivity contribution in [1.82, 2.24) is 9.55 Å². The summed E-state index contributed by atoms with van der Waals surface area (Å²) in [5.41, 5.74) is 8.05. The van der Waals surface area contributed by atoms with Crippen LogP contribution in [0.5, 0.6) is 5.75 Å². The number of nitrogens with two attached hydrogens (primary N) is 1. The van der Waals surface area contributed by atoms with E-state index >= 15 is 0 Å². The molecule has 6 heteroatoms. The highest BCUT2D eigenvalue weighted by Gasteiger charge is 2.14. The SMILES string of the molecule is COc1cc2c(cc1F)nc(N)n2-c1cccc(I)c1. The van der Waals surface area contributed by atoms with Crippen LogP contribution in [0.3, 0.4) is 0 Å². The zero-order valence-electron chi connectivity index (χ0n) is 10.6. The number of nitrogens with zero attached hydrogens (tertiary/aromatic N) is 2. The van der Waals surface area contributed by atoms with Gasteiger partial charge in [0.15, 0.2) is 11.6 Å². The third kappa shape index (κ3) is 2.09. The summed E-state index contributed by atoms with van der Waals surface area (Å²) in [5, 5.41) is 0. The molecule has 0 unspecified atom stereocenters. The van der Waals surface area contributed by atoms with Gasteiger partial charge in [-0.2, -0.15) is 0 Å². The molecular weight excluding hydrogens is 372 g/mol. The summed E-state index contributed by atoms with van der Waals surface area (Å²) in [4.78, 5) is 4.20. The van der Waals surface area contributed by atoms with Crippen molar-refractivity contribution in [2.75, 3.05) is 12.8 Å². The van der Waals surface area contributed by atoms with Crippen molar-refractivity contribution >= 4 is 39.6 Å². The van der Waals surface area contributed by atoms with Gasteiger partial charge in [0.1, 0.15) is 0 Å². The van der Waals surface area contributed by atoms with E-state index in [1.54, 1.807) is 10.6 Å². The van der Waals surface area contributed by atoms with E-state index in [1.165, 1.54) is 13.2 Å². The molecule has 1 aromatic heterocycles. The van der Waals surface area contributed by atoms with Crippen LogP contribution in [-0.4, -0.2) is 16.7 Å². The first-order chi connectivity index (χ1) is 9.60. The highest BCUT2D eigenvalue weighted by atomic mass is 127. The van der Waals surface area contributed by atoms with E-state index in [9.17, 15) is 4.39 Å². The zero-order valence-corrected chi connectivity index (χ0v) is 12.8. The van der Waals surface area contributed by atoms with E-state index in [0.29, 0.717) is 17.0 Å². The summed E-state index contributed by atoms with van der Waals surface area (Å²) in [5.74, 6) is 0.0335. The minimum atomic E-state index is -0.452. The number of benzene rings is 2. The Bertz CT molecular complexity index is 800. The molecule has 0 saturated carbocycles. The van der Waals surface area contributed by atoms with Gasteiger partial charge in [0, 0.05) is 15.7 Å². The van der Waals surface area contributed by atoms with Gasteiger partial charge in [0.25, 0.3) is 0 Å². The van der Waals surface area contributed by atoms with Crippen LogP contribution < -0.4 is 10.5 Å². The molecule has 0 saturated heterocycles. The van der Waals surface area contributed by atoms with Gasteiger partial charge in [-0.05, 0) is 40.8 Å². The van der Waals surface area contributed by atoms with Crippen molar-refractivity contribution in [3.8, 4) is 11.4 Å². The summed E-state index contributed by atoms with van der Waals surface area (Å²) in [6.07, 6.45) is 0. The standard InChI is InChI=1S/C14H11FIN3O/c1-20-13-7-12-11(6-10(13)15)18-14(17)19(12)9-4-2-3-8(16)5-9/h2-7H,1H3,(H2,17,18). The van der Waals surface area contributed by atoms with E-state index in [-0.39, 0.29) is 5.75 Å². The fourth-order valence-corrected chi connectivity index (χ4v) is 2.67. The van der Waals surface area contributed by atoms with Crippen molar-refractivity contribution in [2.24, 2.45) is 0 Å². The summed E-state index contributed by atoms with van der Waals surface area (Å²) in [6.45, 7) is 0. The summed E-state index contributed by atoms with van der Waals surface area (Å²) >= 11 is 2.23. The Hall–Kier alpha value is -1.83. The molecular formula is C14H11FIN3O. The predicted octanol–water partition coefficient (Wildman–Crippen LogP) is 3.36. The number of anilines is 1. The van der Waals surface area contributed by atoms with Gasteiger partial charge in [-0.15, -0.1) is 0 Å². The van der Waals surface area contributed by atoms with Crippen molar-refractivity contribution < 1.29 is 9.13 Å². The van der Waals surface area contributed by atoms with Gasteiger partial charge in [0.2, 0.25) is 5.95 Å². The van der Waals surface area contributed by atoms with Crippen LogP contribution in [0, 0.1) is 9.39 Å². The zero-order chi connectivity index (χ0) is 14.3. The maximum absolute atomic E-state index is 13.7. The van der Waals surface area contributed by atoms with Crippen LogP contribution in [0.15, 0.2) is 36.4 Å². The van der Waals surface area contributed by atoms with E-state index in [2.05, 4.69) is 27.6 Å². The largest absolute Gasteiger partial charge is 0.494 e. The van der Waals surface area contributed by atoms with Crippen LogP contribution >= 0.6 is 22.6 Å². The van der Waals surface area contributed by atoms with Gasteiger partial charge in [0.05, 0.1) is 23.8 Å². The van der Waals surface area contributed by atoms with Gasteiger partial charge in [-0.1, -0.05) is 6.07 Å². The fraction of sp³-hybridized carbons (Fsp3) is 0.0714. The first-order valence-electron chi connectivity index (χ1n) is 5.87. The Labute approximate surface area is 128 Å². The number of aromatic nitrogens is 2. The smallest absolute Gasteiger partial charge is 0.205 e. The molecule has 0 fully saturated rings. The molecule has 0 aliphatic heterocycles. The minimum Gasteiger partial charge on any atom is -0.494 e. The van der Waals surface area contributed by atoms with Crippen LogP contribution in [0.2, 0.25) is 0 Å². The number of ether oxygens (including phenoxy) is 1. The Morgan fingerprint density at radius 3 is 2.80 bits per heavy atom. The van der Waals surface area contributed by atoms with Gasteiger partial charge in [-0.25, -0.2) is 9.37 Å². The van der Waals surface area contributed by atoms with Crippen LogP contribution in [0.25, 0.3) is 16.7 Å². The molecule has 0 bridgehead atoms. The van der Waals surface area contributed by atoms with Crippen molar-refractivity contribution in [2.45, 2.75) is 0 Å². The lowest BCUT2D eigenvalue weighted by molar-refractivity contribution is 0.387. The molecule has 102 valence electrons.